The van der Waals surface area contributed by atoms with Crippen molar-refractivity contribution in [3.05, 3.63) is 30.2 Å². The molecule has 1 unspecified atom stereocenters. The summed E-state index contributed by atoms with van der Waals surface area (Å²) < 4.78 is 45.2. The summed E-state index contributed by atoms with van der Waals surface area (Å²) in [6.07, 6.45) is -4.40. The van der Waals surface area contributed by atoms with Crippen molar-refractivity contribution in [1.29, 1.82) is 0 Å². The largest absolute Gasteiger partial charge is 0.440 e. The summed E-state index contributed by atoms with van der Waals surface area (Å²) in [5.41, 5.74) is -1.14. The zero-order chi connectivity index (χ0) is 12.8. The molecule has 18 heavy (non-hydrogen) atoms. The lowest BCUT2D eigenvalue weighted by Crippen LogP contribution is -2.44. The first-order chi connectivity index (χ1) is 8.53. The van der Waals surface area contributed by atoms with Crippen LogP contribution in [0.4, 0.5) is 13.2 Å². The maximum atomic E-state index is 13.3. The molecule has 1 N–H and O–H groups in total. The topological polar surface area (TPSA) is 38.1 Å². The minimum atomic E-state index is -4.36. The Hall–Kier alpha value is -1.56. The quantitative estimate of drug-likeness (QED) is 0.852. The van der Waals surface area contributed by atoms with Gasteiger partial charge in [-0.05, 0) is 25.1 Å². The summed E-state index contributed by atoms with van der Waals surface area (Å²) in [7, 11) is 0. The van der Waals surface area contributed by atoms with Gasteiger partial charge in [-0.3, -0.25) is 0 Å². The Labute approximate surface area is 101 Å². The first-order valence-corrected chi connectivity index (χ1v) is 5.66. The summed E-state index contributed by atoms with van der Waals surface area (Å²) in [4.78, 5) is 4.01. The molecule has 1 saturated heterocycles. The molecule has 96 valence electrons. The number of hydrogen-bond acceptors (Lipinski definition) is 3. The van der Waals surface area contributed by atoms with Crippen LogP contribution in [0.5, 0.6) is 0 Å². The number of hydrogen-bond donors (Lipinski definition) is 1. The highest BCUT2D eigenvalue weighted by Gasteiger charge is 2.60. The Morgan fingerprint density at radius 3 is 2.67 bits per heavy atom. The van der Waals surface area contributed by atoms with Crippen LogP contribution in [0, 0.1) is 0 Å². The van der Waals surface area contributed by atoms with Crippen LogP contribution in [0.1, 0.15) is 12.3 Å². The van der Waals surface area contributed by atoms with E-state index in [0.717, 1.165) is 0 Å². The maximum Gasteiger partial charge on any atom is 0.404 e. The Morgan fingerprint density at radius 2 is 2.06 bits per heavy atom. The van der Waals surface area contributed by atoms with Gasteiger partial charge in [0.15, 0.2) is 11.0 Å². The predicted octanol–water partition coefficient (Wildman–Crippen LogP) is 2.62. The first kappa shape index (κ1) is 11.5. The monoisotopic (exact) mass is 256 g/mol. The van der Waals surface area contributed by atoms with Crippen LogP contribution in [-0.2, 0) is 5.41 Å². The number of fused-ring (bicyclic) bond motifs is 1. The number of rotatable bonds is 1. The molecule has 0 bridgehead atoms. The van der Waals surface area contributed by atoms with Crippen molar-refractivity contribution in [2.45, 2.75) is 18.0 Å². The molecule has 3 nitrogen and oxygen atoms in total. The molecule has 2 aromatic rings. The smallest absolute Gasteiger partial charge is 0.404 e. The zero-order valence-electron chi connectivity index (χ0n) is 9.42. The Bertz CT molecular complexity index is 537. The average molecular weight is 256 g/mol. The van der Waals surface area contributed by atoms with E-state index in [1.165, 1.54) is 0 Å². The molecule has 1 fully saturated rings. The number of aromatic nitrogens is 1. The van der Waals surface area contributed by atoms with E-state index in [1.54, 1.807) is 24.3 Å². The van der Waals surface area contributed by atoms with Crippen LogP contribution in [0.15, 0.2) is 28.7 Å². The van der Waals surface area contributed by atoms with E-state index in [-0.39, 0.29) is 18.9 Å². The number of halogens is 3. The molecular weight excluding hydrogens is 245 g/mol. The third kappa shape index (κ3) is 1.52. The van der Waals surface area contributed by atoms with E-state index in [1.807, 2.05) is 0 Å². The lowest BCUT2D eigenvalue weighted by molar-refractivity contribution is -0.190. The molecule has 0 radical (unpaired) electrons. The van der Waals surface area contributed by atoms with Gasteiger partial charge in [0.25, 0.3) is 0 Å². The van der Waals surface area contributed by atoms with Crippen molar-refractivity contribution in [3.8, 4) is 0 Å². The van der Waals surface area contributed by atoms with Gasteiger partial charge in [0.1, 0.15) is 5.52 Å². The van der Waals surface area contributed by atoms with Crippen LogP contribution in [0.3, 0.4) is 0 Å². The SMILES string of the molecule is FC(F)(F)C1(c2nc3ccccc3o2)CCNC1. The highest BCUT2D eigenvalue weighted by atomic mass is 19.4. The van der Waals surface area contributed by atoms with Crippen molar-refractivity contribution in [1.82, 2.24) is 10.3 Å². The second kappa shape index (κ2) is 3.71. The summed E-state index contributed by atoms with van der Waals surface area (Å²) in [6, 6.07) is 6.71. The van der Waals surface area contributed by atoms with Gasteiger partial charge < -0.3 is 9.73 Å². The predicted molar refractivity (Wildman–Crippen MR) is 59.2 cm³/mol. The fraction of sp³-hybridized carbons (Fsp3) is 0.417. The third-order valence-electron chi connectivity index (χ3n) is 3.40. The number of alkyl halides is 3. The number of oxazole rings is 1. The van der Waals surface area contributed by atoms with Gasteiger partial charge >= 0.3 is 6.18 Å². The zero-order valence-corrected chi connectivity index (χ0v) is 9.42. The number of benzene rings is 1. The number of nitrogens with one attached hydrogen (secondary N) is 1. The van der Waals surface area contributed by atoms with Crippen LogP contribution in [0.2, 0.25) is 0 Å². The fourth-order valence-electron chi connectivity index (χ4n) is 2.31. The summed E-state index contributed by atoms with van der Waals surface area (Å²) in [6.45, 7) is 0.140. The highest BCUT2D eigenvalue weighted by Crippen LogP contribution is 2.45. The fourth-order valence-corrected chi connectivity index (χ4v) is 2.31. The van der Waals surface area contributed by atoms with E-state index in [9.17, 15) is 13.2 Å². The van der Waals surface area contributed by atoms with Crippen LogP contribution in [0.25, 0.3) is 11.1 Å². The van der Waals surface area contributed by atoms with Gasteiger partial charge in [0.2, 0.25) is 5.89 Å². The van der Waals surface area contributed by atoms with Gasteiger partial charge in [0.05, 0.1) is 0 Å². The van der Waals surface area contributed by atoms with Gasteiger partial charge in [-0.2, -0.15) is 13.2 Å². The lowest BCUT2D eigenvalue weighted by Gasteiger charge is -2.27. The maximum absolute atomic E-state index is 13.3. The van der Waals surface area contributed by atoms with Crippen LogP contribution < -0.4 is 5.32 Å². The molecule has 6 heteroatoms. The highest BCUT2D eigenvalue weighted by molar-refractivity contribution is 5.72. The Kier molecular flexibility index (Phi) is 2.38. The minimum absolute atomic E-state index is 0.0384. The van der Waals surface area contributed by atoms with E-state index in [2.05, 4.69) is 10.3 Å². The molecule has 1 aliphatic heterocycles. The van der Waals surface area contributed by atoms with E-state index in [0.29, 0.717) is 17.6 Å². The van der Waals surface area contributed by atoms with Crippen molar-refractivity contribution in [2.75, 3.05) is 13.1 Å². The van der Waals surface area contributed by atoms with Crippen LogP contribution in [-0.4, -0.2) is 24.2 Å². The lowest BCUT2D eigenvalue weighted by atomic mass is 9.86. The molecule has 0 spiro atoms. The van der Waals surface area contributed by atoms with Gasteiger partial charge in [-0.15, -0.1) is 0 Å². The first-order valence-electron chi connectivity index (χ1n) is 5.66. The molecule has 3 rings (SSSR count). The normalized spacial score (nSPS) is 24.8. The van der Waals surface area contributed by atoms with Gasteiger partial charge in [0, 0.05) is 6.54 Å². The molecule has 1 aromatic heterocycles. The van der Waals surface area contributed by atoms with Crippen molar-refractivity contribution < 1.29 is 17.6 Å². The van der Waals surface area contributed by atoms with E-state index >= 15 is 0 Å². The second-order valence-electron chi connectivity index (χ2n) is 4.49. The number of nitrogens with zero attached hydrogens (tertiary/aromatic N) is 1. The summed E-state index contributed by atoms with van der Waals surface area (Å²) in [5, 5.41) is 2.74. The average Bonchev–Trinajstić information content (AvgIpc) is 2.95. The van der Waals surface area contributed by atoms with Gasteiger partial charge in [-0.1, -0.05) is 12.1 Å². The Balaban J connectivity index is 2.16. The molecule has 0 saturated carbocycles. The van der Waals surface area contributed by atoms with E-state index < -0.39 is 11.6 Å². The molecule has 0 aliphatic carbocycles. The van der Waals surface area contributed by atoms with Crippen molar-refractivity contribution >= 4 is 11.1 Å². The molecule has 2 heterocycles. The van der Waals surface area contributed by atoms with Crippen molar-refractivity contribution in [2.24, 2.45) is 0 Å². The summed E-state index contributed by atoms with van der Waals surface area (Å²) >= 11 is 0. The molecule has 0 amide bonds. The summed E-state index contributed by atoms with van der Waals surface area (Å²) in [5.74, 6) is -0.235. The van der Waals surface area contributed by atoms with Gasteiger partial charge in [-0.25, -0.2) is 4.98 Å². The van der Waals surface area contributed by atoms with Crippen molar-refractivity contribution in [3.63, 3.8) is 0 Å². The minimum Gasteiger partial charge on any atom is -0.440 e. The molecule has 1 aromatic carbocycles. The molecule has 1 aliphatic rings. The Morgan fingerprint density at radius 1 is 1.28 bits per heavy atom. The number of para-hydroxylation sites is 2. The van der Waals surface area contributed by atoms with Crippen LogP contribution >= 0.6 is 0 Å². The molecule has 1 atom stereocenters. The molecular formula is C12H11F3N2O. The third-order valence-corrected chi connectivity index (χ3v) is 3.40. The van der Waals surface area contributed by atoms with E-state index in [4.69, 9.17) is 4.42 Å². The second-order valence-corrected chi connectivity index (χ2v) is 4.49. The standard InChI is InChI=1S/C12H11F3N2O/c13-12(14,15)11(5-6-16-7-11)10-17-8-3-1-2-4-9(8)18-10/h1-4,16H,5-7H2.